The van der Waals surface area contributed by atoms with E-state index in [1.807, 2.05) is 19.1 Å². The van der Waals surface area contributed by atoms with Crippen LogP contribution in [0.4, 0.5) is 0 Å². The molecule has 2 N–H and O–H groups in total. The molecule has 0 radical (unpaired) electrons. The van der Waals surface area contributed by atoms with E-state index in [0.29, 0.717) is 6.54 Å². The van der Waals surface area contributed by atoms with Gasteiger partial charge in [0, 0.05) is 10.5 Å². The molecule has 88 valence electrons. The van der Waals surface area contributed by atoms with Crippen LogP contribution in [0, 0.1) is 0 Å². The average molecular weight is 285 g/mol. The van der Waals surface area contributed by atoms with Crippen LogP contribution in [0.1, 0.15) is 12.5 Å². The lowest BCUT2D eigenvalue weighted by Gasteiger charge is -2.13. The van der Waals surface area contributed by atoms with Crippen molar-refractivity contribution in [1.82, 2.24) is 10.6 Å². The van der Waals surface area contributed by atoms with Gasteiger partial charge in [-0.05, 0) is 38.1 Å². The Balaban J connectivity index is 2.45. The van der Waals surface area contributed by atoms with Gasteiger partial charge in [0.25, 0.3) is 0 Å². The minimum atomic E-state index is 0.0324. The highest BCUT2D eigenvalue weighted by molar-refractivity contribution is 9.10. The lowest BCUT2D eigenvalue weighted by Crippen LogP contribution is -2.39. The summed E-state index contributed by atoms with van der Waals surface area (Å²) in [6, 6.07) is 8.27. The van der Waals surface area contributed by atoms with Crippen LogP contribution in [0.2, 0.25) is 0 Å². The summed E-state index contributed by atoms with van der Waals surface area (Å²) < 4.78 is 1.07. The zero-order valence-electron chi connectivity index (χ0n) is 9.59. The molecule has 0 aliphatic rings. The number of carbonyl (C=O) groups excluding carboxylic acids is 1. The fraction of sp³-hybridized carbons (Fsp3) is 0.417. The highest BCUT2D eigenvalue weighted by Crippen LogP contribution is 2.12. The van der Waals surface area contributed by atoms with Gasteiger partial charge >= 0.3 is 0 Å². The number of nitrogens with one attached hydrogen (secondary N) is 2. The Bertz CT molecular complexity index is 355. The maximum Gasteiger partial charge on any atom is 0.234 e. The van der Waals surface area contributed by atoms with E-state index in [1.165, 1.54) is 5.56 Å². The van der Waals surface area contributed by atoms with Crippen molar-refractivity contribution in [3.8, 4) is 0 Å². The molecule has 0 bridgehead atoms. The molecular formula is C12H17BrN2O. The largest absolute Gasteiger partial charge is 0.352 e. The Labute approximate surface area is 105 Å². The Morgan fingerprint density at radius 3 is 2.88 bits per heavy atom. The number of likely N-dealkylation sites (N-methyl/N-ethyl adjacent to an activating group) is 1. The van der Waals surface area contributed by atoms with Crippen molar-refractivity contribution in [2.24, 2.45) is 0 Å². The fourth-order valence-electron chi connectivity index (χ4n) is 1.55. The van der Waals surface area contributed by atoms with Gasteiger partial charge in [-0.1, -0.05) is 28.1 Å². The molecule has 0 heterocycles. The van der Waals surface area contributed by atoms with E-state index in [0.717, 1.165) is 10.9 Å². The van der Waals surface area contributed by atoms with E-state index in [9.17, 15) is 4.79 Å². The fourth-order valence-corrected chi connectivity index (χ4v) is 2.00. The van der Waals surface area contributed by atoms with Crippen LogP contribution in [0.3, 0.4) is 0 Å². The van der Waals surface area contributed by atoms with Crippen LogP contribution in [-0.2, 0) is 11.2 Å². The van der Waals surface area contributed by atoms with E-state index < -0.39 is 0 Å². The van der Waals surface area contributed by atoms with Gasteiger partial charge < -0.3 is 10.6 Å². The normalized spacial score (nSPS) is 12.2. The topological polar surface area (TPSA) is 41.1 Å². The van der Waals surface area contributed by atoms with Crippen molar-refractivity contribution in [2.75, 3.05) is 13.6 Å². The number of rotatable bonds is 5. The van der Waals surface area contributed by atoms with Gasteiger partial charge in [-0.15, -0.1) is 0 Å². The predicted octanol–water partition coefficient (Wildman–Crippen LogP) is 1.72. The standard InChI is InChI=1S/C12H17BrN2O/c1-9(15-12(16)8-14-2)6-10-4-3-5-11(13)7-10/h3-5,7,9,14H,6,8H2,1-2H3,(H,15,16). The first kappa shape index (κ1) is 13.2. The molecule has 4 heteroatoms. The lowest BCUT2D eigenvalue weighted by molar-refractivity contribution is -0.120. The van der Waals surface area contributed by atoms with E-state index in [4.69, 9.17) is 0 Å². The third kappa shape index (κ3) is 4.77. The van der Waals surface area contributed by atoms with Gasteiger partial charge in [-0.2, -0.15) is 0 Å². The third-order valence-electron chi connectivity index (χ3n) is 2.18. The molecule has 1 unspecified atom stereocenters. The first-order chi connectivity index (χ1) is 7.61. The van der Waals surface area contributed by atoms with Crippen LogP contribution in [0.25, 0.3) is 0 Å². The van der Waals surface area contributed by atoms with Gasteiger partial charge in [-0.3, -0.25) is 4.79 Å². The Kier molecular flexibility index (Phi) is 5.49. The van der Waals surface area contributed by atoms with Crippen LogP contribution < -0.4 is 10.6 Å². The average Bonchev–Trinajstić information content (AvgIpc) is 2.17. The number of carbonyl (C=O) groups is 1. The van der Waals surface area contributed by atoms with Crippen molar-refractivity contribution in [1.29, 1.82) is 0 Å². The SMILES string of the molecule is CNCC(=O)NC(C)Cc1cccc(Br)c1. The van der Waals surface area contributed by atoms with Gasteiger partial charge in [-0.25, -0.2) is 0 Å². The summed E-state index contributed by atoms with van der Waals surface area (Å²) in [6.45, 7) is 2.37. The van der Waals surface area contributed by atoms with Crippen LogP contribution >= 0.6 is 15.9 Å². The quantitative estimate of drug-likeness (QED) is 0.865. The Morgan fingerprint density at radius 2 is 2.25 bits per heavy atom. The number of benzene rings is 1. The van der Waals surface area contributed by atoms with Gasteiger partial charge in [0.2, 0.25) is 5.91 Å². The maximum atomic E-state index is 11.3. The summed E-state index contributed by atoms with van der Waals surface area (Å²) in [5.41, 5.74) is 1.21. The molecule has 1 aromatic carbocycles. The summed E-state index contributed by atoms with van der Waals surface area (Å²) in [5, 5.41) is 5.76. The number of hydrogen-bond donors (Lipinski definition) is 2. The summed E-state index contributed by atoms with van der Waals surface area (Å²) in [6.07, 6.45) is 0.842. The predicted molar refractivity (Wildman–Crippen MR) is 69.4 cm³/mol. The van der Waals surface area contributed by atoms with E-state index in [1.54, 1.807) is 7.05 Å². The van der Waals surface area contributed by atoms with E-state index in [-0.39, 0.29) is 11.9 Å². The molecule has 0 fully saturated rings. The number of amides is 1. The van der Waals surface area contributed by atoms with Crippen LogP contribution in [-0.4, -0.2) is 25.5 Å². The van der Waals surface area contributed by atoms with Gasteiger partial charge in [0.15, 0.2) is 0 Å². The van der Waals surface area contributed by atoms with Crippen molar-refractivity contribution in [2.45, 2.75) is 19.4 Å². The second-order valence-electron chi connectivity index (χ2n) is 3.83. The zero-order valence-corrected chi connectivity index (χ0v) is 11.2. The van der Waals surface area contributed by atoms with E-state index in [2.05, 4.69) is 38.7 Å². The Morgan fingerprint density at radius 1 is 1.50 bits per heavy atom. The molecular weight excluding hydrogens is 268 g/mol. The Hall–Kier alpha value is -0.870. The van der Waals surface area contributed by atoms with Crippen molar-refractivity contribution < 1.29 is 4.79 Å². The molecule has 1 atom stereocenters. The molecule has 0 aliphatic heterocycles. The first-order valence-corrected chi connectivity index (χ1v) is 6.09. The first-order valence-electron chi connectivity index (χ1n) is 5.30. The second-order valence-corrected chi connectivity index (χ2v) is 4.75. The molecule has 1 rings (SSSR count). The summed E-state index contributed by atoms with van der Waals surface area (Å²) in [5.74, 6) is 0.0324. The molecule has 0 aliphatic carbocycles. The number of hydrogen-bond acceptors (Lipinski definition) is 2. The molecule has 0 saturated heterocycles. The molecule has 1 aromatic rings. The molecule has 1 amide bonds. The minimum absolute atomic E-state index is 0.0324. The summed E-state index contributed by atoms with van der Waals surface area (Å²) in [4.78, 5) is 11.3. The van der Waals surface area contributed by atoms with Gasteiger partial charge in [0.05, 0.1) is 6.54 Å². The highest BCUT2D eigenvalue weighted by Gasteiger charge is 2.07. The molecule has 16 heavy (non-hydrogen) atoms. The van der Waals surface area contributed by atoms with Crippen LogP contribution in [0.5, 0.6) is 0 Å². The van der Waals surface area contributed by atoms with Crippen molar-refractivity contribution in [3.63, 3.8) is 0 Å². The van der Waals surface area contributed by atoms with Gasteiger partial charge in [0.1, 0.15) is 0 Å². The molecule has 0 aromatic heterocycles. The molecule has 0 spiro atoms. The smallest absolute Gasteiger partial charge is 0.234 e. The van der Waals surface area contributed by atoms with Crippen LogP contribution in [0.15, 0.2) is 28.7 Å². The maximum absolute atomic E-state index is 11.3. The third-order valence-corrected chi connectivity index (χ3v) is 2.67. The zero-order chi connectivity index (χ0) is 12.0. The molecule has 3 nitrogen and oxygen atoms in total. The van der Waals surface area contributed by atoms with Crippen molar-refractivity contribution in [3.05, 3.63) is 34.3 Å². The number of halogens is 1. The molecule has 0 saturated carbocycles. The lowest BCUT2D eigenvalue weighted by atomic mass is 10.1. The van der Waals surface area contributed by atoms with E-state index >= 15 is 0 Å². The second kappa shape index (κ2) is 6.66. The monoisotopic (exact) mass is 284 g/mol. The van der Waals surface area contributed by atoms with Crippen molar-refractivity contribution >= 4 is 21.8 Å². The highest BCUT2D eigenvalue weighted by atomic mass is 79.9. The summed E-state index contributed by atoms with van der Waals surface area (Å²) in [7, 11) is 1.76. The summed E-state index contributed by atoms with van der Waals surface area (Å²) >= 11 is 3.43. The minimum Gasteiger partial charge on any atom is -0.352 e.